The number of carbonyl (C=O) groups is 3. The normalized spacial score (nSPS) is 15.4. The van der Waals surface area contributed by atoms with E-state index in [1.165, 1.54) is 38.5 Å². The Kier molecular flexibility index (Phi) is 24.8. The van der Waals surface area contributed by atoms with Crippen LogP contribution in [0.5, 0.6) is 0 Å². The maximum Gasteiger partial charge on any atom is 0.410 e. The molecule has 0 saturated carbocycles. The van der Waals surface area contributed by atoms with E-state index >= 15 is 0 Å². The topological polar surface area (TPSA) is 88.6 Å². The molecule has 9 heteroatoms. The minimum atomic E-state index is -0.507. The minimum absolute atomic E-state index is 0.00335. The summed E-state index contributed by atoms with van der Waals surface area (Å²) in [7, 11) is 0. The SMILES string of the molecule is CCCCCCC(CCCC)OC(=O)CCN(CCC(=O)OC(CCCC)CCCCCC)CCN1CCN(C(=O)OC(C)(C)C)CC1. The Bertz CT molecular complexity index is 798. The predicted molar refractivity (Wildman–Crippen MR) is 196 cm³/mol. The first-order valence-electron chi connectivity index (χ1n) is 19.8. The molecule has 1 heterocycles. The van der Waals surface area contributed by atoms with Gasteiger partial charge in [-0.3, -0.25) is 14.5 Å². The molecule has 0 aromatic carbocycles. The van der Waals surface area contributed by atoms with Crippen molar-refractivity contribution in [2.45, 2.75) is 182 Å². The van der Waals surface area contributed by atoms with Gasteiger partial charge in [0.1, 0.15) is 17.8 Å². The van der Waals surface area contributed by atoms with E-state index in [-0.39, 0.29) is 30.2 Å². The van der Waals surface area contributed by atoms with E-state index in [9.17, 15) is 14.4 Å². The van der Waals surface area contributed by atoms with Gasteiger partial charge >= 0.3 is 18.0 Å². The average Bonchev–Trinajstić information content (AvgIpc) is 3.05. The van der Waals surface area contributed by atoms with Crippen molar-refractivity contribution in [3.05, 3.63) is 0 Å². The van der Waals surface area contributed by atoms with Crippen LogP contribution in [0.15, 0.2) is 0 Å². The van der Waals surface area contributed by atoms with Gasteiger partial charge in [0.15, 0.2) is 0 Å². The zero-order chi connectivity index (χ0) is 35.6. The van der Waals surface area contributed by atoms with Crippen molar-refractivity contribution in [3.8, 4) is 0 Å². The molecule has 9 nitrogen and oxygen atoms in total. The Morgan fingerprint density at radius 2 is 1.04 bits per heavy atom. The maximum absolute atomic E-state index is 13.0. The summed E-state index contributed by atoms with van der Waals surface area (Å²) in [4.78, 5) is 44.9. The number of esters is 2. The van der Waals surface area contributed by atoms with Crippen LogP contribution in [0.3, 0.4) is 0 Å². The van der Waals surface area contributed by atoms with E-state index in [0.29, 0.717) is 39.0 Å². The van der Waals surface area contributed by atoms with Crippen molar-refractivity contribution in [1.82, 2.24) is 14.7 Å². The summed E-state index contributed by atoms with van der Waals surface area (Å²) in [6, 6.07) is 0. The van der Waals surface area contributed by atoms with Crippen LogP contribution in [0.4, 0.5) is 4.79 Å². The highest BCUT2D eigenvalue weighted by Crippen LogP contribution is 2.17. The second-order valence-electron chi connectivity index (χ2n) is 14.9. The van der Waals surface area contributed by atoms with Gasteiger partial charge < -0.3 is 24.0 Å². The Morgan fingerprint density at radius 3 is 1.46 bits per heavy atom. The molecule has 0 aromatic rings. The Balaban J connectivity index is 2.75. The van der Waals surface area contributed by atoms with Crippen molar-refractivity contribution in [2.24, 2.45) is 0 Å². The fraction of sp³-hybridized carbons (Fsp3) is 0.923. The lowest BCUT2D eigenvalue weighted by molar-refractivity contribution is -0.150. The molecule has 1 aliphatic heterocycles. The number of piperazine rings is 1. The van der Waals surface area contributed by atoms with E-state index in [1.54, 1.807) is 4.90 Å². The summed E-state index contributed by atoms with van der Waals surface area (Å²) in [5, 5.41) is 0. The number of nitrogens with zero attached hydrogens (tertiary/aromatic N) is 3. The van der Waals surface area contributed by atoms with Crippen molar-refractivity contribution in [1.29, 1.82) is 0 Å². The number of unbranched alkanes of at least 4 members (excludes halogenated alkanes) is 8. The molecule has 0 bridgehead atoms. The van der Waals surface area contributed by atoms with E-state index in [0.717, 1.165) is 90.4 Å². The van der Waals surface area contributed by atoms with E-state index in [4.69, 9.17) is 14.2 Å². The molecule has 1 fully saturated rings. The van der Waals surface area contributed by atoms with Gasteiger partial charge in [-0.1, -0.05) is 91.9 Å². The second-order valence-corrected chi connectivity index (χ2v) is 14.9. The van der Waals surface area contributed by atoms with Crippen LogP contribution in [-0.2, 0) is 23.8 Å². The van der Waals surface area contributed by atoms with Crippen LogP contribution in [-0.4, -0.2) is 103 Å². The maximum atomic E-state index is 13.0. The molecule has 0 N–H and O–H groups in total. The summed E-state index contributed by atoms with van der Waals surface area (Å²) in [5.74, 6) is -0.284. The van der Waals surface area contributed by atoms with Gasteiger partial charge in [-0.25, -0.2) is 4.79 Å². The molecule has 282 valence electrons. The molecule has 48 heavy (non-hydrogen) atoms. The number of amides is 1. The van der Waals surface area contributed by atoms with Crippen molar-refractivity contribution >= 4 is 18.0 Å². The Morgan fingerprint density at radius 1 is 0.604 bits per heavy atom. The molecule has 2 unspecified atom stereocenters. The molecule has 0 aliphatic carbocycles. The highest BCUT2D eigenvalue weighted by Gasteiger charge is 2.26. The number of hydrogen-bond donors (Lipinski definition) is 0. The summed E-state index contributed by atoms with van der Waals surface area (Å²) < 4.78 is 17.6. The average molecular weight is 682 g/mol. The first-order valence-corrected chi connectivity index (χ1v) is 19.8. The number of hydrogen-bond acceptors (Lipinski definition) is 8. The summed E-state index contributed by atoms with van der Waals surface area (Å²) in [6.45, 7) is 19.9. The monoisotopic (exact) mass is 682 g/mol. The van der Waals surface area contributed by atoms with Gasteiger partial charge in [0.2, 0.25) is 0 Å². The van der Waals surface area contributed by atoms with E-state index in [2.05, 4.69) is 37.5 Å². The summed E-state index contributed by atoms with van der Waals surface area (Å²) in [5.41, 5.74) is -0.507. The van der Waals surface area contributed by atoms with Gasteiger partial charge in [0.25, 0.3) is 0 Å². The van der Waals surface area contributed by atoms with Crippen LogP contribution >= 0.6 is 0 Å². The van der Waals surface area contributed by atoms with Crippen molar-refractivity contribution in [3.63, 3.8) is 0 Å². The van der Waals surface area contributed by atoms with Crippen LogP contribution in [0, 0.1) is 0 Å². The molecule has 1 saturated heterocycles. The van der Waals surface area contributed by atoms with E-state index < -0.39 is 5.60 Å². The predicted octanol–water partition coefficient (Wildman–Crippen LogP) is 8.77. The third-order valence-electron chi connectivity index (χ3n) is 9.14. The highest BCUT2D eigenvalue weighted by atomic mass is 16.6. The van der Waals surface area contributed by atoms with E-state index in [1.807, 2.05) is 20.8 Å². The van der Waals surface area contributed by atoms with Crippen molar-refractivity contribution < 1.29 is 28.6 Å². The lowest BCUT2D eigenvalue weighted by Crippen LogP contribution is -2.51. The molecule has 1 rings (SSSR count). The number of ether oxygens (including phenoxy) is 3. The van der Waals surface area contributed by atoms with Crippen molar-refractivity contribution in [2.75, 3.05) is 52.4 Å². The van der Waals surface area contributed by atoms with Crippen LogP contribution in [0.1, 0.15) is 164 Å². The quantitative estimate of drug-likeness (QED) is 0.0483. The summed E-state index contributed by atoms with van der Waals surface area (Å²) >= 11 is 0. The Labute approximate surface area is 295 Å². The first-order chi connectivity index (χ1) is 23.0. The largest absolute Gasteiger partial charge is 0.462 e. The van der Waals surface area contributed by atoms with Gasteiger partial charge in [-0.15, -0.1) is 0 Å². The molecule has 2 atom stereocenters. The van der Waals surface area contributed by atoms with Gasteiger partial charge in [0, 0.05) is 52.4 Å². The molecule has 1 amide bonds. The molecule has 1 aliphatic rings. The van der Waals surface area contributed by atoms with Crippen LogP contribution in [0.25, 0.3) is 0 Å². The molecule has 0 radical (unpaired) electrons. The fourth-order valence-electron chi connectivity index (χ4n) is 6.07. The number of carbonyl (C=O) groups excluding carboxylic acids is 3. The number of rotatable bonds is 27. The lowest BCUT2D eigenvalue weighted by atomic mass is 10.0. The lowest BCUT2D eigenvalue weighted by Gasteiger charge is -2.36. The molecule has 0 aromatic heterocycles. The van der Waals surface area contributed by atoms with Gasteiger partial charge in [-0.2, -0.15) is 0 Å². The fourth-order valence-corrected chi connectivity index (χ4v) is 6.07. The third-order valence-corrected chi connectivity index (χ3v) is 9.14. The van der Waals surface area contributed by atoms with Crippen LogP contribution < -0.4 is 0 Å². The first kappa shape index (κ1) is 44.2. The smallest absolute Gasteiger partial charge is 0.410 e. The molecular formula is C39H75N3O6. The Hall–Kier alpha value is -1.87. The zero-order valence-electron chi connectivity index (χ0n) is 32.3. The minimum Gasteiger partial charge on any atom is -0.462 e. The zero-order valence-corrected chi connectivity index (χ0v) is 32.3. The second kappa shape index (κ2) is 26.9. The highest BCUT2D eigenvalue weighted by molar-refractivity contribution is 5.70. The molecular weight excluding hydrogens is 606 g/mol. The standard InChI is InChI=1S/C39H75N3O6/c1-8-12-16-18-22-34(20-14-10-3)46-36(43)24-26-40(27-25-37(44)47-35(21-15-11-4)23-19-17-13-9-2)28-29-41-30-32-42(33-31-41)38(45)48-39(5,6)7/h34-35H,8-33H2,1-7H3. The van der Waals surface area contributed by atoms with Gasteiger partial charge in [-0.05, 0) is 59.3 Å². The third kappa shape index (κ3) is 22.7. The molecule has 0 spiro atoms. The summed E-state index contributed by atoms with van der Waals surface area (Å²) in [6.07, 6.45) is 17.8. The van der Waals surface area contributed by atoms with Crippen LogP contribution in [0.2, 0.25) is 0 Å². The van der Waals surface area contributed by atoms with Gasteiger partial charge in [0.05, 0.1) is 12.8 Å².